The highest BCUT2D eigenvalue weighted by molar-refractivity contribution is 6.14. The van der Waals surface area contributed by atoms with Crippen molar-refractivity contribution in [2.75, 3.05) is 14.2 Å². The molecule has 2 aliphatic heterocycles. The van der Waals surface area contributed by atoms with Crippen LogP contribution in [0.15, 0.2) is 29.3 Å². The number of aliphatic hydroxyl groups is 4. The van der Waals surface area contributed by atoms with Crippen LogP contribution in [0, 0.1) is 12.8 Å². The summed E-state index contributed by atoms with van der Waals surface area (Å²) in [6, 6.07) is 3.69. The molecule has 14 heteroatoms. The van der Waals surface area contributed by atoms with Gasteiger partial charge >= 0.3 is 11.9 Å². The van der Waals surface area contributed by atoms with Crippen molar-refractivity contribution in [3.8, 4) is 34.1 Å². The van der Waals surface area contributed by atoms with Crippen molar-refractivity contribution in [3.05, 3.63) is 46.0 Å². The van der Waals surface area contributed by atoms with Gasteiger partial charge < -0.3 is 49.6 Å². The lowest BCUT2D eigenvalue weighted by atomic mass is 9.69. The molecule has 6 rings (SSSR count). The second-order valence-corrected chi connectivity index (χ2v) is 11.8. The molecule has 0 spiro atoms. The Labute approximate surface area is 260 Å². The lowest BCUT2D eigenvalue weighted by molar-refractivity contribution is -0.173. The van der Waals surface area contributed by atoms with E-state index in [-0.39, 0.29) is 41.7 Å². The van der Waals surface area contributed by atoms with Crippen LogP contribution >= 0.6 is 0 Å². The van der Waals surface area contributed by atoms with Gasteiger partial charge in [0.05, 0.1) is 25.4 Å². The molecule has 2 heterocycles. The first kappa shape index (κ1) is 30.9. The first-order valence-corrected chi connectivity index (χ1v) is 14.3. The Kier molecular flexibility index (Phi) is 6.87. The van der Waals surface area contributed by atoms with Crippen LogP contribution in [-0.4, -0.2) is 91.8 Å². The SMILES string of the molecule is COC(=O)[C@@]12Oc3cc(C)c(-c4ccc(O)c5c4O[C@]4(C(=O)OC)C(=C5O)C(=O)C[C@H](C)[C@H]4O)c(O)c3C(O)=C1C(=O)CC[C@H]2O. The Morgan fingerprint density at radius 1 is 0.870 bits per heavy atom. The fourth-order valence-corrected chi connectivity index (χ4v) is 7.03. The average molecular weight is 639 g/mol. The molecule has 0 saturated heterocycles. The smallest absolute Gasteiger partial charge is 0.358 e. The topological polar surface area (TPSA) is 227 Å². The number of Topliss-reactive ketones (excluding diaryl/α,β-unsaturated/α-hetero) is 2. The Bertz CT molecular complexity index is 1840. The highest BCUT2D eigenvalue weighted by Gasteiger charge is 2.64. The molecule has 242 valence electrons. The van der Waals surface area contributed by atoms with Gasteiger partial charge in [-0.05, 0) is 43.0 Å². The number of carbonyl (C=O) groups is 4. The Morgan fingerprint density at radius 2 is 1.48 bits per heavy atom. The van der Waals surface area contributed by atoms with Gasteiger partial charge in [0.1, 0.15) is 57.9 Å². The van der Waals surface area contributed by atoms with Gasteiger partial charge in [-0.15, -0.1) is 0 Å². The van der Waals surface area contributed by atoms with Crippen LogP contribution in [0.25, 0.3) is 22.6 Å². The number of hydrogen-bond acceptors (Lipinski definition) is 14. The molecule has 46 heavy (non-hydrogen) atoms. The van der Waals surface area contributed by atoms with Crippen LogP contribution in [0.2, 0.25) is 0 Å². The van der Waals surface area contributed by atoms with E-state index < -0.39 is 104 Å². The monoisotopic (exact) mass is 638 g/mol. The lowest BCUT2D eigenvalue weighted by Gasteiger charge is -2.45. The van der Waals surface area contributed by atoms with Crippen LogP contribution in [0.5, 0.6) is 23.0 Å². The van der Waals surface area contributed by atoms with Gasteiger partial charge in [0, 0.05) is 24.0 Å². The molecule has 0 radical (unpaired) electrons. The minimum atomic E-state index is -2.56. The van der Waals surface area contributed by atoms with E-state index in [1.54, 1.807) is 0 Å². The number of aryl methyl sites for hydroxylation is 1. The highest BCUT2D eigenvalue weighted by Crippen LogP contribution is 2.57. The first-order chi connectivity index (χ1) is 21.7. The van der Waals surface area contributed by atoms with Gasteiger partial charge in [0.2, 0.25) is 0 Å². The third-order valence-corrected chi connectivity index (χ3v) is 9.20. The minimum absolute atomic E-state index is 0.0880. The summed E-state index contributed by atoms with van der Waals surface area (Å²) in [5.74, 6) is -8.37. The number of carbonyl (C=O) groups excluding carboxylic acids is 4. The van der Waals surface area contributed by atoms with E-state index in [2.05, 4.69) is 0 Å². The molecular formula is C32H30O14. The van der Waals surface area contributed by atoms with E-state index in [0.717, 1.165) is 20.3 Å². The predicted octanol–water partition coefficient (Wildman–Crippen LogP) is 1.91. The molecule has 2 aromatic rings. The summed E-state index contributed by atoms with van der Waals surface area (Å²) in [4.78, 5) is 52.6. The van der Waals surface area contributed by atoms with Crippen molar-refractivity contribution in [1.29, 1.82) is 0 Å². The molecule has 4 aliphatic rings. The normalized spacial score (nSPS) is 28.3. The lowest BCUT2D eigenvalue weighted by Crippen LogP contribution is -2.64. The molecular weight excluding hydrogens is 608 g/mol. The van der Waals surface area contributed by atoms with Crippen LogP contribution in [0.3, 0.4) is 0 Å². The number of phenolic OH excluding ortho intramolecular Hbond substituents is 2. The summed E-state index contributed by atoms with van der Waals surface area (Å²) in [5.41, 5.74) is -7.06. The maximum atomic E-state index is 13.3. The van der Waals surface area contributed by atoms with Crippen LogP contribution < -0.4 is 9.47 Å². The molecule has 2 fully saturated rings. The zero-order valence-corrected chi connectivity index (χ0v) is 25.0. The molecule has 2 aromatic carbocycles. The maximum Gasteiger partial charge on any atom is 0.358 e. The number of phenols is 2. The summed E-state index contributed by atoms with van der Waals surface area (Å²) in [6.07, 6.45) is -3.97. The number of ether oxygens (including phenoxy) is 4. The van der Waals surface area contributed by atoms with Gasteiger partial charge in [-0.1, -0.05) is 6.92 Å². The summed E-state index contributed by atoms with van der Waals surface area (Å²) in [5, 5.41) is 67.6. The van der Waals surface area contributed by atoms with E-state index in [9.17, 15) is 49.8 Å². The van der Waals surface area contributed by atoms with Gasteiger partial charge in [0.15, 0.2) is 11.6 Å². The van der Waals surface area contributed by atoms with E-state index in [4.69, 9.17) is 18.9 Å². The number of fused-ring (bicyclic) bond motifs is 4. The summed E-state index contributed by atoms with van der Waals surface area (Å²) in [7, 11) is 2.02. The molecule has 2 aliphatic carbocycles. The largest absolute Gasteiger partial charge is 0.507 e. The number of benzene rings is 2. The number of aliphatic hydroxyl groups excluding tert-OH is 4. The predicted molar refractivity (Wildman–Crippen MR) is 155 cm³/mol. The molecule has 6 N–H and O–H groups in total. The van der Waals surface area contributed by atoms with Crippen molar-refractivity contribution in [2.24, 2.45) is 5.92 Å². The molecule has 0 amide bonds. The molecule has 0 bridgehead atoms. The quantitative estimate of drug-likeness (QED) is 0.264. The third-order valence-electron chi connectivity index (χ3n) is 9.20. The van der Waals surface area contributed by atoms with Crippen molar-refractivity contribution >= 4 is 35.0 Å². The van der Waals surface area contributed by atoms with Crippen molar-refractivity contribution in [3.63, 3.8) is 0 Å². The zero-order chi connectivity index (χ0) is 33.6. The molecule has 14 nitrogen and oxygen atoms in total. The van der Waals surface area contributed by atoms with E-state index in [1.165, 1.54) is 26.0 Å². The number of methoxy groups -OCH3 is 2. The number of esters is 2. The van der Waals surface area contributed by atoms with Crippen LogP contribution in [-0.2, 0) is 28.7 Å². The zero-order valence-electron chi connectivity index (χ0n) is 25.0. The first-order valence-electron chi connectivity index (χ1n) is 14.3. The second-order valence-electron chi connectivity index (χ2n) is 11.8. The molecule has 0 aromatic heterocycles. The molecule has 2 saturated carbocycles. The average Bonchev–Trinajstić information content (AvgIpc) is 3.01. The molecule has 5 atom stereocenters. The fourth-order valence-electron chi connectivity index (χ4n) is 7.03. The van der Waals surface area contributed by atoms with Crippen LogP contribution in [0.4, 0.5) is 0 Å². The van der Waals surface area contributed by atoms with Crippen molar-refractivity contribution in [1.82, 2.24) is 0 Å². The van der Waals surface area contributed by atoms with Crippen LogP contribution in [0.1, 0.15) is 42.9 Å². The second kappa shape index (κ2) is 10.2. The van der Waals surface area contributed by atoms with Gasteiger partial charge in [0.25, 0.3) is 11.2 Å². The van der Waals surface area contributed by atoms with Gasteiger partial charge in [-0.2, -0.15) is 0 Å². The Balaban J connectivity index is 1.65. The van der Waals surface area contributed by atoms with Gasteiger partial charge in [-0.25, -0.2) is 9.59 Å². The number of rotatable bonds is 3. The van der Waals surface area contributed by atoms with E-state index in [0.29, 0.717) is 0 Å². The number of aromatic hydroxyl groups is 2. The third kappa shape index (κ3) is 3.70. The summed E-state index contributed by atoms with van der Waals surface area (Å²) < 4.78 is 21.8. The molecule has 0 unspecified atom stereocenters. The van der Waals surface area contributed by atoms with E-state index >= 15 is 0 Å². The van der Waals surface area contributed by atoms with E-state index in [1.807, 2.05) is 0 Å². The highest BCUT2D eigenvalue weighted by atomic mass is 16.6. The minimum Gasteiger partial charge on any atom is -0.507 e. The fraction of sp³-hybridized carbons (Fsp3) is 0.375. The number of hydrogen-bond donors (Lipinski definition) is 6. The Morgan fingerprint density at radius 3 is 2.13 bits per heavy atom. The summed E-state index contributed by atoms with van der Waals surface area (Å²) in [6.45, 7) is 2.99. The van der Waals surface area contributed by atoms with Crippen molar-refractivity contribution in [2.45, 2.75) is 56.5 Å². The standard InChI is InChI=1S/C32H30O14/c1-11-10-17-21(26(39)22-15(34)7-8-18(36)31(22,45-17)29(41)43-3)24(37)19(11)13-5-6-14(33)20-25(38)23-16(35)9-12(2)28(40)32(23,30(42)44-4)46-27(13)20/h5-6,10,12,18,28,33,36-40H,7-9H2,1-4H3/t12-,18+,28+,31-,32+/m0/s1. The summed E-state index contributed by atoms with van der Waals surface area (Å²) >= 11 is 0. The number of ketones is 2. The Hall–Kier alpha value is -5.08. The maximum absolute atomic E-state index is 13.3. The van der Waals surface area contributed by atoms with Gasteiger partial charge in [-0.3, -0.25) is 9.59 Å². The van der Waals surface area contributed by atoms with Crippen molar-refractivity contribution < 1.29 is 68.8 Å².